The predicted octanol–water partition coefficient (Wildman–Crippen LogP) is -3.86. The summed E-state index contributed by atoms with van der Waals surface area (Å²) in [5.41, 5.74) is 0. The largest absolute Gasteiger partial charge is 3.00 e. The third-order valence-corrected chi connectivity index (χ3v) is 0. The molecule has 0 N–H and O–H groups in total. The molecule has 0 aliphatic heterocycles. The number of hydrogen-bond acceptors (Lipinski definition) is 6. The first-order valence-electron chi connectivity index (χ1n) is 1.10. The zero-order chi connectivity index (χ0) is 7.15. The van der Waals surface area contributed by atoms with E-state index in [-0.39, 0.29) is 36.2 Å². The summed E-state index contributed by atoms with van der Waals surface area (Å²) < 4.78 is 0. The van der Waals surface area contributed by atoms with E-state index in [9.17, 15) is 0 Å². The van der Waals surface area contributed by atoms with Crippen molar-refractivity contribution in [3.8, 4) is 0 Å². The Bertz CT molecular complexity index is 73.7. The quantitative estimate of drug-likeness (QED) is 0.201. The first-order chi connectivity index (χ1) is 3.46. The third-order valence-electron chi connectivity index (χ3n) is 0. The minimum Gasteiger partial charge on any atom is -0.356 e. The normalized spacial score (nSPS) is 4.80. The average molecular weight is 158 g/mol. The van der Waals surface area contributed by atoms with E-state index in [0.717, 1.165) is 0 Å². The molecule has 8 nitrogen and oxygen atoms in total. The molecule has 0 radical (unpaired) electrons. The van der Waals surface area contributed by atoms with Crippen molar-refractivity contribution in [2.75, 3.05) is 0 Å². The third kappa shape index (κ3) is 1450. The standard InChI is InChI=1S/Al.Li.2NO3/c;;2*2-1(3)4/q+3;+1;2*-1. The Kier molecular flexibility index (Phi) is 35.9. The smallest absolute Gasteiger partial charge is 0.356 e. The van der Waals surface area contributed by atoms with Gasteiger partial charge in [0.05, 0.1) is 10.2 Å². The van der Waals surface area contributed by atoms with Crippen LogP contribution in [0.5, 0.6) is 0 Å². The molecule has 0 aliphatic rings. The Hall–Kier alpha value is -0.470. The van der Waals surface area contributed by atoms with Crippen molar-refractivity contribution in [2.24, 2.45) is 0 Å². The van der Waals surface area contributed by atoms with E-state index < -0.39 is 10.2 Å². The Labute approximate surface area is 77.4 Å². The van der Waals surface area contributed by atoms with Gasteiger partial charge in [-0.1, -0.05) is 0 Å². The summed E-state index contributed by atoms with van der Waals surface area (Å²) in [7, 11) is 0. The fourth-order valence-corrected chi connectivity index (χ4v) is 0. The maximum Gasteiger partial charge on any atom is 3.00 e. The summed E-state index contributed by atoms with van der Waals surface area (Å²) in [6, 6.07) is 0. The topological polar surface area (TPSA) is 132 Å². The number of nitrogens with zero attached hydrogens (tertiary/aromatic N) is 2. The molecular formula is AlLiN2O6+2. The van der Waals surface area contributed by atoms with Gasteiger partial charge in [-0.15, -0.1) is 0 Å². The fraction of sp³-hybridized carbons (Fsp3) is 0. The first kappa shape index (κ1) is 22.7. The molecule has 0 rings (SSSR count). The van der Waals surface area contributed by atoms with Crippen molar-refractivity contribution < 1.29 is 29.0 Å². The second kappa shape index (κ2) is 15.8. The van der Waals surface area contributed by atoms with Crippen LogP contribution in [0.2, 0.25) is 0 Å². The Balaban J connectivity index is -0.0000000300. The van der Waals surface area contributed by atoms with Crippen molar-refractivity contribution in [3.63, 3.8) is 0 Å². The molecule has 48 valence electrons. The first-order valence-corrected chi connectivity index (χ1v) is 1.10. The van der Waals surface area contributed by atoms with Crippen LogP contribution < -0.4 is 18.9 Å². The Morgan fingerprint density at radius 1 is 0.800 bits per heavy atom. The monoisotopic (exact) mass is 158 g/mol. The molecule has 0 bridgehead atoms. The van der Waals surface area contributed by atoms with Crippen molar-refractivity contribution >= 4 is 17.4 Å². The molecule has 10 heteroatoms. The molecule has 0 fully saturated rings. The molecule has 0 heterocycles. The van der Waals surface area contributed by atoms with Gasteiger partial charge in [-0.2, -0.15) is 0 Å². The zero-order valence-electron chi connectivity index (χ0n) is 4.92. The molecule has 0 saturated heterocycles. The van der Waals surface area contributed by atoms with Crippen molar-refractivity contribution in [1.82, 2.24) is 0 Å². The van der Waals surface area contributed by atoms with Crippen LogP contribution in [0.25, 0.3) is 0 Å². The van der Waals surface area contributed by atoms with Crippen LogP contribution in [0.4, 0.5) is 0 Å². The van der Waals surface area contributed by atoms with Gasteiger partial charge in [-0.25, -0.2) is 0 Å². The maximum atomic E-state index is 8.25. The summed E-state index contributed by atoms with van der Waals surface area (Å²) in [5.74, 6) is 0. The van der Waals surface area contributed by atoms with Crippen LogP contribution in [0.15, 0.2) is 0 Å². The van der Waals surface area contributed by atoms with E-state index in [1.54, 1.807) is 0 Å². The second-order valence-electron chi connectivity index (χ2n) is 0.447. The molecule has 0 atom stereocenters. The van der Waals surface area contributed by atoms with Gasteiger partial charge < -0.3 is 30.6 Å². The molecule has 0 aromatic rings. The van der Waals surface area contributed by atoms with Crippen LogP contribution >= 0.6 is 0 Å². The summed E-state index contributed by atoms with van der Waals surface area (Å²) in [4.78, 5) is 16.5. The molecule has 10 heavy (non-hydrogen) atoms. The number of hydrogen-bond donors (Lipinski definition) is 0. The van der Waals surface area contributed by atoms with Gasteiger partial charge >= 0.3 is 36.2 Å². The molecule has 0 aliphatic carbocycles. The summed E-state index contributed by atoms with van der Waals surface area (Å²) in [6.45, 7) is 0. The number of rotatable bonds is 0. The van der Waals surface area contributed by atoms with Gasteiger partial charge in [-0.05, 0) is 0 Å². The van der Waals surface area contributed by atoms with E-state index in [1.807, 2.05) is 0 Å². The van der Waals surface area contributed by atoms with Gasteiger partial charge in [0, 0.05) is 0 Å². The summed E-state index contributed by atoms with van der Waals surface area (Å²) in [6.07, 6.45) is 0. The van der Waals surface area contributed by atoms with E-state index >= 15 is 0 Å². The molecule has 0 amide bonds. The van der Waals surface area contributed by atoms with Crippen molar-refractivity contribution in [1.29, 1.82) is 0 Å². The Morgan fingerprint density at radius 2 is 0.800 bits per heavy atom. The predicted molar refractivity (Wildman–Crippen MR) is 26.5 cm³/mol. The van der Waals surface area contributed by atoms with E-state index in [0.29, 0.717) is 0 Å². The second-order valence-corrected chi connectivity index (χ2v) is 0.447. The van der Waals surface area contributed by atoms with Crippen molar-refractivity contribution in [3.05, 3.63) is 30.6 Å². The van der Waals surface area contributed by atoms with Crippen LogP contribution in [0, 0.1) is 30.6 Å². The van der Waals surface area contributed by atoms with Crippen LogP contribution in [0.1, 0.15) is 0 Å². The minimum atomic E-state index is -1.75. The van der Waals surface area contributed by atoms with Gasteiger partial charge in [0.2, 0.25) is 0 Å². The summed E-state index contributed by atoms with van der Waals surface area (Å²) in [5, 5.41) is 29.5. The van der Waals surface area contributed by atoms with Gasteiger partial charge in [0.15, 0.2) is 0 Å². The minimum absolute atomic E-state index is 0. The molecular weight excluding hydrogens is 158 g/mol. The summed E-state index contributed by atoms with van der Waals surface area (Å²) >= 11 is 0. The van der Waals surface area contributed by atoms with Gasteiger partial charge in [0.1, 0.15) is 0 Å². The molecule has 0 saturated carbocycles. The van der Waals surface area contributed by atoms with E-state index in [1.165, 1.54) is 0 Å². The fourth-order valence-electron chi connectivity index (χ4n) is 0. The molecule has 0 spiro atoms. The van der Waals surface area contributed by atoms with E-state index in [4.69, 9.17) is 30.6 Å². The van der Waals surface area contributed by atoms with Crippen LogP contribution in [0.3, 0.4) is 0 Å². The van der Waals surface area contributed by atoms with E-state index in [2.05, 4.69) is 0 Å². The SMILES string of the molecule is O=[N+]([O-])[O-].O=[N+]([O-])[O-].[Al+3].[Li+]. The average Bonchev–Trinajstić information content (AvgIpc) is 1.25. The molecule has 0 unspecified atom stereocenters. The van der Waals surface area contributed by atoms with Crippen LogP contribution in [-0.4, -0.2) is 27.5 Å². The van der Waals surface area contributed by atoms with Gasteiger partial charge in [-0.3, -0.25) is 0 Å². The Morgan fingerprint density at radius 3 is 0.800 bits per heavy atom. The maximum absolute atomic E-state index is 8.25. The molecule has 0 aromatic carbocycles. The van der Waals surface area contributed by atoms with Crippen molar-refractivity contribution in [2.45, 2.75) is 0 Å². The van der Waals surface area contributed by atoms with Gasteiger partial charge in [0.25, 0.3) is 0 Å². The molecule has 0 aromatic heterocycles. The zero-order valence-corrected chi connectivity index (χ0v) is 6.08. The van der Waals surface area contributed by atoms with Crippen LogP contribution in [-0.2, 0) is 0 Å².